The van der Waals surface area contributed by atoms with Gasteiger partial charge in [-0.1, -0.05) is 20.3 Å². The van der Waals surface area contributed by atoms with Crippen LogP contribution >= 0.6 is 0 Å². The minimum absolute atomic E-state index is 0.412. The average Bonchev–Trinajstić information content (AvgIpc) is 2.41. The largest absolute Gasteiger partial charge is 0.326 e. The Morgan fingerprint density at radius 2 is 1.72 bits per heavy atom. The molecule has 3 unspecified atom stereocenters. The normalized spacial score (nSPS) is 42.2. The molecule has 2 saturated carbocycles. The van der Waals surface area contributed by atoms with Crippen LogP contribution in [0.15, 0.2) is 0 Å². The molecule has 0 bridgehead atoms. The van der Waals surface area contributed by atoms with Gasteiger partial charge in [-0.3, -0.25) is 4.90 Å². The molecule has 2 heteroatoms. The van der Waals surface area contributed by atoms with Crippen molar-refractivity contribution in [1.82, 2.24) is 4.90 Å². The molecule has 2 rings (SSSR count). The Bertz CT molecular complexity index is 245. The summed E-state index contributed by atoms with van der Waals surface area (Å²) >= 11 is 0. The second-order valence-electron chi connectivity index (χ2n) is 6.90. The molecular formula is C16H32N2. The molecule has 106 valence electrons. The van der Waals surface area contributed by atoms with Crippen molar-refractivity contribution in [3.05, 3.63) is 0 Å². The lowest BCUT2D eigenvalue weighted by atomic mass is 9.80. The van der Waals surface area contributed by atoms with Gasteiger partial charge in [-0.2, -0.15) is 0 Å². The van der Waals surface area contributed by atoms with E-state index in [2.05, 4.69) is 25.8 Å². The van der Waals surface area contributed by atoms with Gasteiger partial charge < -0.3 is 5.73 Å². The second kappa shape index (κ2) is 6.38. The Morgan fingerprint density at radius 1 is 1.06 bits per heavy atom. The van der Waals surface area contributed by atoms with Crippen molar-refractivity contribution in [2.24, 2.45) is 17.6 Å². The smallest absolute Gasteiger partial charge is 0.0249 e. The molecular weight excluding hydrogens is 220 g/mol. The third-order valence-corrected chi connectivity index (χ3v) is 5.62. The number of rotatable bonds is 3. The summed E-state index contributed by atoms with van der Waals surface area (Å²) < 4.78 is 0. The number of nitrogens with two attached hydrogens (primary N) is 1. The molecule has 18 heavy (non-hydrogen) atoms. The highest BCUT2D eigenvalue weighted by Gasteiger charge is 2.33. The minimum atomic E-state index is 0.412. The predicted octanol–water partition coefficient (Wildman–Crippen LogP) is 3.40. The molecule has 0 aromatic carbocycles. The molecule has 0 aliphatic heterocycles. The van der Waals surface area contributed by atoms with E-state index in [9.17, 15) is 0 Å². The monoisotopic (exact) mass is 252 g/mol. The fourth-order valence-electron chi connectivity index (χ4n) is 4.07. The van der Waals surface area contributed by atoms with Crippen LogP contribution in [-0.2, 0) is 0 Å². The number of likely N-dealkylation sites (N-methyl/N-ethyl adjacent to an activating group) is 1. The number of nitrogens with zero attached hydrogens (tertiary/aromatic N) is 1. The lowest BCUT2D eigenvalue weighted by molar-refractivity contribution is 0.0723. The van der Waals surface area contributed by atoms with Gasteiger partial charge in [-0.15, -0.1) is 0 Å². The Kier molecular flexibility index (Phi) is 5.08. The highest BCUT2D eigenvalue weighted by atomic mass is 15.2. The van der Waals surface area contributed by atoms with E-state index in [1.54, 1.807) is 0 Å². The molecule has 0 aromatic heterocycles. The van der Waals surface area contributed by atoms with E-state index in [0.29, 0.717) is 12.1 Å². The average molecular weight is 252 g/mol. The third-order valence-electron chi connectivity index (χ3n) is 5.62. The van der Waals surface area contributed by atoms with Crippen LogP contribution in [0.1, 0.15) is 65.2 Å². The van der Waals surface area contributed by atoms with Crippen LogP contribution in [0.3, 0.4) is 0 Å². The van der Waals surface area contributed by atoms with Gasteiger partial charge in [0.2, 0.25) is 0 Å². The van der Waals surface area contributed by atoms with Crippen molar-refractivity contribution >= 4 is 0 Å². The standard InChI is InChI=1S/C16H32N2/c1-4-13-6-8-14(9-7-13)18(3)16-11-12(2)5-10-15(16)17/h12-16H,4-11,17H2,1-3H3. The highest BCUT2D eigenvalue weighted by Crippen LogP contribution is 2.33. The van der Waals surface area contributed by atoms with Gasteiger partial charge >= 0.3 is 0 Å². The summed E-state index contributed by atoms with van der Waals surface area (Å²) in [7, 11) is 2.33. The van der Waals surface area contributed by atoms with E-state index in [1.807, 2.05) is 0 Å². The van der Waals surface area contributed by atoms with Gasteiger partial charge in [0.25, 0.3) is 0 Å². The van der Waals surface area contributed by atoms with Crippen LogP contribution in [0.5, 0.6) is 0 Å². The van der Waals surface area contributed by atoms with E-state index in [1.165, 1.54) is 51.4 Å². The minimum Gasteiger partial charge on any atom is -0.326 e. The zero-order valence-corrected chi connectivity index (χ0v) is 12.6. The summed E-state index contributed by atoms with van der Waals surface area (Å²) in [5.41, 5.74) is 6.36. The fourth-order valence-corrected chi connectivity index (χ4v) is 4.07. The van der Waals surface area contributed by atoms with Crippen molar-refractivity contribution in [3.8, 4) is 0 Å². The van der Waals surface area contributed by atoms with Gasteiger partial charge in [-0.25, -0.2) is 0 Å². The van der Waals surface area contributed by atoms with Crippen LogP contribution in [-0.4, -0.2) is 30.1 Å². The summed E-state index contributed by atoms with van der Waals surface area (Å²) in [6.07, 6.45) is 10.9. The summed E-state index contributed by atoms with van der Waals surface area (Å²) in [6.45, 7) is 4.73. The first-order valence-corrected chi connectivity index (χ1v) is 8.09. The first-order valence-electron chi connectivity index (χ1n) is 8.09. The second-order valence-corrected chi connectivity index (χ2v) is 6.90. The van der Waals surface area contributed by atoms with Crippen molar-refractivity contribution in [2.75, 3.05) is 7.05 Å². The van der Waals surface area contributed by atoms with Crippen LogP contribution in [0.25, 0.3) is 0 Å². The van der Waals surface area contributed by atoms with Crippen LogP contribution in [0, 0.1) is 11.8 Å². The van der Waals surface area contributed by atoms with Crippen LogP contribution in [0.4, 0.5) is 0 Å². The molecule has 2 aliphatic rings. The molecule has 0 heterocycles. The lowest BCUT2D eigenvalue weighted by Crippen LogP contribution is -2.53. The van der Waals surface area contributed by atoms with Crippen LogP contribution in [0.2, 0.25) is 0 Å². The molecule has 2 nitrogen and oxygen atoms in total. The Balaban J connectivity index is 1.88. The van der Waals surface area contributed by atoms with Gasteiger partial charge in [0.15, 0.2) is 0 Å². The van der Waals surface area contributed by atoms with E-state index >= 15 is 0 Å². The molecule has 2 fully saturated rings. The third kappa shape index (κ3) is 3.27. The Labute approximate surface area is 113 Å². The Hall–Kier alpha value is -0.0800. The Morgan fingerprint density at radius 3 is 2.33 bits per heavy atom. The fraction of sp³-hybridized carbons (Fsp3) is 1.00. The van der Waals surface area contributed by atoms with Gasteiger partial charge in [0, 0.05) is 18.1 Å². The van der Waals surface area contributed by atoms with Gasteiger partial charge in [-0.05, 0) is 63.8 Å². The van der Waals surface area contributed by atoms with E-state index in [0.717, 1.165) is 17.9 Å². The zero-order chi connectivity index (χ0) is 13.1. The summed E-state index contributed by atoms with van der Waals surface area (Å²) in [5, 5.41) is 0. The molecule has 0 aromatic rings. The van der Waals surface area contributed by atoms with Crippen molar-refractivity contribution in [1.29, 1.82) is 0 Å². The summed E-state index contributed by atoms with van der Waals surface area (Å²) in [4.78, 5) is 2.65. The zero-order valence-electron chi connectivity index (χ0n) is 12.6. The summed E-state index contributed by atoms with van der Waals surface area (Å²) in [5.74, 6) is 1.86. The molecule has 0 amide bonds. The quantitative estimate of drug-likeness (QED) is 0.834. The lowest BCUT2D eigenvalue weighted by Gasteiger charge is -2.44. The van der Waals surface area contributed by atoms with E-state index in [4.69, 9.17) is 5.73 Å². The van der Waals surface area contributed by atoms with Gasteiger partial charge in [0.1, 0.15) is 0 Å². The summed E-state index contributed by atoms with van der Waals surface area (Å²) in [6, 6.07) is 1.85. The molecule has 0 spiro atoms. The highest BCUT2D eigenvalue weighted by molar-refractivity contribution is 4.91. The molecule has 2 aliphatic carbocycles. The SMILES string of the molecule is CCC1CCC(N(C)C2CC(C)CCC2N)CC1. The molecule has 0 saturated heterocycles. The van der Waals surface area contributed by atoms with Gasteiger partial charge in [0.05, 0.1) is 0 Å². The maximum atomic E-state index is 6.36. The van der Waals surface area contributed by atoms with Crippen LogP contribution < -0.4 is 5.73 Å². The van der Waals surface area contributed by atoms with Crippen molar-refractivity contribution in [3.63, 3.8) is 0 Å². The molecule has 3 atom stereocenters. The molecule has 0 radical (unpaired) electrons. The first-order chi connectivity index (χ1) is 8.61. The van der Waals surface area contributed by atoms with E-state index < -0.39 is 0 Å². The van der Waals surface area contributed by atoms with Crippen molar-refractivity contribution < 1.29 is 0 Å². The maximum Gasteiger partial charge on any atom is 0.0249 e. The molecule has 2 N–H and O–H groups in total. The van der Waals surface area contributed by atoms with Crippen molar-refractivity contribution in [2.45, 2.75) is 83.3 Å². The predicted molar refractivity (Wildman–Crippen MR) is 78.6 cm³/mol. The van der Waals surface area contributed by atoms with E-state index in [-0.39, 0.29) is 0 Å². The maximum absolute atomic E-state index is 6.36. The topological polar surface area (TPSA) is 29.3 Å². The number of hydrogen-bond acceptors (Lipinski definition) is 2. The number of hydrogen-bond donors (Lipinski definition) is 1. The first kappa shape index (κ1) is 14.3.